The molecular formula is C26H24ClFN6O5. The van der Waals surface area contributed by atoms with Gasteiger partial charge in [-0.3, -0.25) is 14.4 Å². The van der Waals surface area contributed by atoms with Crippen molar-refractivity contribution in [2.24, 2.45) is 12.8 Å². The van der Waals surface area contributed by atoms with Gasteiger partial charge >= 0.3 is 0 Å². The summed E-state index contributed by atoms with van der Waals surface area (Å²) in [6, 6.07) is 5.54. The number of carbonyl (C=O) groups excluding carboxylic acids is 2. The van der Waals surface area contributed by atoms with Crippen LogP contribution in [-0.4, -0.2) is 57.3 Å². The van der Waals surface area contributed by atoms with Crippen LogP contribution in [0.1, 0.15) is 10.4 Å². The quantitative estimate of drug-likeness (QED) is 0.332. The van der Waals surface area contributed by atoms with E-state index in [-0.39, 0.29) is 28.1 Å². The Kier molecular flexibility index (Phi) is 6.98. The monoisotopic (exact) mass is 554 g/mol. The van der Waals surface area contributed by atoms with E-state index in [1.807, 2.05) is 4.90 Å². The summed E-state index contributed by atoms with van der Waals surface area (Å²) in [6.45, 7) is 2.24. The van der Waals surface area contributed by atoms with E-state index in [9.17, 15) is 23.9 Å². The van der Waals surface area contributed by atoms with Crippen molar-refractivity contribution in [2.75, 3.05) is 36.5 Å². The molecule has 1 aromatic carbocycles. The van der Waals surface area contributed by atoms with Gasteiger partial charge in [0.15, 0.2) is 11.6 Å². The molecule has 1 aliphatic rings. The van der Waals surface area contributed by atoms with Crippen molar-refractivity contribution in [1.82, 2.24) is 14.1 Å². The second kappa shape index (κ2) is 10.4. The third kappa shape index (κ3) is 5.03. The zero-order valence-corrected chi connectivity index (χ0v) is 21.5. The van der Waals surface area contributed by atoms with Crippen LogP contribution in [-0.2, 0) is 23.1 Å². The molecule has 11 nitrogen and oxygen atoms in total. The van der Waals surface area contributed by atoms with E-state index >= 15 is 0 Å². The number of halogens is 2. The lowest BCUT2D eigenvalue weighted by atomic mass is 10.0. The lowest BCUT2D eigenvalue weighted by Gasteiger charge is -2.28. The molecule has 5 rings (SSSR count). The first-order valence-electron chi connectivity index (χ1n) is 11.9. The summed E-state index contributed by atoms with van der Waals surface area (Å²) in [5.74, 6) is -2.77. The summed E-state index contributed by atoms with van der Waals surface area (Å²) in [5, 5.41) is 13.2. The molecule has 0 radical (unpaired) electrons. The maximum Gasteiger partial charge on any atom is 0.260 e. The van der Waals surface area contributed by atoms with Gasteiger partial charge in [-0.25, -0.2) is 9.37 Å². The minimum absolute atomic E-state index is 0.138. The number of aryl methyl sites for hydroxylation is 1. The molecular weight excluding hydrogens is 531 g/mol. The highest BCUT2D eigenvalue weighted by Crippen LogP contribution is 2.33. The Labute approximate surface area is 226 Å². The van der Waals surface area contributed by atoms with Gasteiger partial charge in [-0.1, -0.05) is 11.6 Å². The molecule has 0 unspecified atom stereocenters. The molecule has 0 saturated carbocycles. The third-order valence-corrected chi connectivity index (χ3v) is 6.82. The molecule has 4 aromatic rings. The minimum atomic E-state index is -1.07. The predicted octanol–water partition coefficient (Wildman–Crippen LogP) is 2.47. The number of anilines is 2. The van der Waals surface area contributed by atoms with Crippen molar-refractivity contribution >= 4 is 45.8 Å². The molecule has 4 heterocycles. The minimum Gasteiger partial charge on any atom is -0.504 e. The van der Waals surface area contributed by atoms with Crippen LogP contribution in [0.3, 0.4) is 0 Å². The fraction of sp³-hybridized carbons (Fsp3) is 0.231. The molecule has 1 aliphatic heterocycles. The molecule has 0 bridgehead atoms. The summed E-state index contributed by atoms with van der Waals surface area (Å²) in [5.41, 5.74) is 5.65. The number of carbonyl (C=O) groups is 2. The van der Waals surface area contributed by atoms with Crippen LogP contribution in [0.2, 0.25) is 5.02 Å². The van der Waals surface area contributed by atoms with Gasteiger partial charge in [0.05, 0.1) is 46.6 Å². The van der Waals surface area contributed by atoms with E-state index in [2.05, 4.69) is 10.3 Å². The summed E-state index contributed by atoms with van der Waals surface area (Å²) >= 11 is 6.30. The summed E-state index contributed by atoms with van der Waals surface area (Å²) < 4.78 is 22.7. The second-order valence-corrected chi connectivity index (χ2v) is 9.46. The van der Waals surface area contributed by atoms with Crippen LogP contribution in [0.4, 0.5) is 15.9 Å². The number of amides is 2. The van der Waals surface area contributed by atoms with Crippen molar-refractivity contribution < 1.29 is 23.8 Å². The number of hydrogen-bond acceptors (Lipinski definition) is 7. The Morgan fingerprint density at radius 1 is 1.26 bits per heavy atom. The number of nitrogens with zero attached hydrogens (tertiary/aromatic N) is 4. The first-order valence-corrected chi connectivity index (χ1v) is 12.3. The number of aromatic hydroxyl groups is 1. The smallest absolute Gasteiger partial charge is 0.260 e. The van der Waals surface area contributed by atoms with Gasteiger partial charge in [0, 0.05) is 44.2 Å². The number of fused-ring (bicyclic) bond motifs is 1. The fourth-order valence-corrected chi connectivity index (χ4v) is 4.68. The summed E-state index contributed by atoms with van der Waals surface area (Å²) in [4.78, 5) is 44.3. The van der Waals surface area contributed by atoms with E-state index in [4.69, 9.17) is 22.1 Å². The Morgan fingerprint density at radius 2 is 2.00 bits per heavy atom. The zero-order chi connectivity index (χ0) is 27.8. The average molecular weight is 555 g/mol. The number of aromatic nitrogens is 3. The van der Waals surface area contributed by atoms with Crippen LogP contribution in [0, 0.1) is 5.82 Å². The number of hydrogen-bond donors (Lipinski definition) is 3. The first-order chi connectivity index (χ1) is 18.6. The zero-order valence-electron chi connectivity index (χ0n) is 20.8. The van der Waals surface area contributed by atoms with Gasteiger partial charge in [-0.2, -0.15) is 0 Å². The van der Waals surface area contributed by atoms with Crippen LogP contribution in [0.15, 0.2) is 47.7 Å². The van der Waals surface area contributed by atoms with Crippen molar-refractivity contribution in [3.63, 3.8) is 0 Å². The molecule has 13 heteroatoms. The van der Waals surface area contributed by atoms with Gasteiger partial charge in [0.2, 0.25) is 5.91 Å². The molecule has 3 aromatic heterocycles. The predicted molar refractivity (Wildman–Crippen MR) is 144 cm³/mol. The Hall–Kier alpha value is -4.42. The van der Waals surface area contributed by atoms with Crippen LogP contribution in [0.25, 0.3) is 22.0 Å². The molecule has 0 aliphatic carbocycles. The lowest BCUT2D eigenvalue weighted by Crippen LogP contribution is -2.36. The summed E-state index contributed by atoms with van der Waals surface area (Å²) in [6.07, 6.45) is 4.52. The highest BCUT2D eigenvalue weighted by molar-refractivity contribution is 6.33. The molecule has 2 amide bonds. The Morgan fingerprint density at radius 3 is 2.72 bits per heavy atom. The normalized spacial score (nSPS) is 13.6. The fourth-order valence-electron chi connectivity index (χ4n) is 4.53. The van der Waals surface area contributed by atoms with Crippen LogP contribution >= 0.6 is 11.6 Å². The number of nitrogens with two attached hydrogens (primary N) is 1. The number of primary amides is 1. The second-order valence-electron chi connectivity index (χ2n) is 9.05. The number of rotatable bonds is 6. The van der Waals surface area contributed by atoms with Gasteiger partial charge in [-0.15, -0.1) is 0 Å². The Bertz CT molecular complexity index is 1680. The average Bonchev–Trinajstić information content (AvgIpc) is 3.28. The number of morpholine rings is 1. The standard InChI is InChI=1S/C26H24ClFN6O5/c1-32-3-2-20-23(26(32)38)16(14-8-15(25(29)37)24(36)18(28)9-14)12-34(20)13-22(35)31-19-10-21(30-11-17(19)27)33-4-6-39-7-5-33/h2-3,8-12,36H,4-7,13H2,1H3,(H2,29,37)(H,30,31,35). The topological polar surface area (TPSA) is 145 Å². The number of nitrogens with one attached hydrogen (secondary N) is 1. The highest BCUT2D eigenvalue weighted by atomic mass is 35.5. The largest absolute Gasteiger partial charge is 0.504 e. The number of pyridine rings is 2. The van der Waals surface area contributed by atoms with Crippen molar-refractivity contribution in [3.05, 3.63) is 69.6 Å². The Balaban J connectivity index is 1.51. The highest BCUT2D eigenvalue weighted by Gasteiger charge is 2.21. The SMILES string of the molecule is Cn1ccc2c(c(-c3cc(F)c(O)c(C(N)=O)c3)cn2CC(=O)Nc2cc(N3CCOCC3)ncc2Cl)c1=O. The van der Waals surface area contributed by atoms with E-state index in [0.717, 1.165) is 6.07 Å². The summed E-state index contributed by atoms with van der Waals surface area (Å²) in [7, 11) is 1.55. The van der Waals surface area contributed by atoms with E-state index in [0.29, 0.717) is 43.3 Å². The molecule has 4 N–H and O–H groups in total. The molecule has 1 fully saturated rings. The molecule has 0 atom stereocenters. The molecule has 39 heavy (non-hydrogen) atoms. The van der Waals surface area contributed by atoms with Crippen molar-refractivity contribution in [3.8, 4) is 16.9 Å². The number of phenols is 1. The van der Waals surface area contributed by atoms with Gasteiger partial charge < -0.3 is 34.9 Å². The van der Waals surface area contributed by atoms with Crippen LogP contribution < -0.4 is 21.5 Å². The maximum atomic E-state index is 14.5. The van der Waals surface area contributed by atoms with Gasteiger partial charge in [0.25, 0.3) is 11.5 Å². The maximum absolute atomic E-state index is 14.5. The van der Waals surface area contributed by atoms with Gasteiger partial charge in [0.1, 0.15) is 12.4 Å². The van der Waals surface area contributed by atoms with Crippen LogP contribution in [0.5, 0.6) is 5.75 Å². The molecule has 0 spiro atoms. The van der Waals surface area contributed by atoms with Crippen molar-refractivity contribution in [2.45, 2.75) is 6.54 Å². The van der Waals surface area contributed by atoms with E-state index < -0.39 is 34.5 Å². The van der Waals surface area contributed by atoms with E-state index in [1.54, 1.807) is 25.4 Å². The van der Waals surface area contributed by atoms with Crippen molar-refractivity contribution in [1.29, 1.82) is 0 Å². The molecule has 1 saturated heterocycles. The third-order valence-electron chi connectivity index (χ3n) is 6.51. The lowest BCUT2D eigenvalue weighted by molar-refractivity contribution is -0.116. The first kappa shape index (κ1) is 26.2. The van der Waals surface area contributed by atoms with Gasteiger partial charge in [-0.05, 0) is 23.8 Å². The van der Waals surface area contributed by atoms with E-state index in [1.165, 1.54) is 27.6 Å². The molecule has 202 valence electrons. The number of benzene rings is 1. The number of ether oxygens (including phenoxy) is 1.